The fourth-order valence-corrected chi connectivity index (χ4v) is 3.02. The Bertz CT molecular complexity index is 994. The molecule has 0 atom stereocenters. The number of para-hydroxylation sites is 1. The fourth-order valence-electron chi connectivity index (χ4n) is 2.69. The van der Waals surface area contributed by atoms with E-state index in [1.165, 1.54) is 13.2 Å². The van der Waals surface area contributed by atoms with Crippen molar-refractivity contribution in [3.8, 4) is 17.2 Å². The maximum absolute atomic E-state index is 12.5. The summed E-state index contributed by atoms with van der Waals surface area (Å²) < 4.78 is 12.1. The van der Waals surface area contributed by atoms with Crippen LogP contribution in [-0.4, -0.2) is 29.8 Å². The quantitative estimate of drug-likeness (QED) is 0.456. The number of hydrogen-bond acceptors (Lipinski definition) is 4. The molecular weight excluding hydrogens is 364 g/mol. The molecule has 1 heterocycles. The van der Waals surface area contributed by atoms with Crippen LogP contribution in [0.3, 0.4) is 0 Å². The first-order valence-corrected chi connectivity index (χ1v) is 8.68. The summed E-state index contributed by atoms with van der Waals surface area (Å²) in [6, 6.07) is 14.6. The number of ketones is 1. The van der Waals surface area contributed by atoms with Gasteiger partial charge in [-0.25, -0.2) is 4.68 Å². The molecule has 0 unspecified atom stereocenters. The monoisotopic (exact) mass is 382 g/mol. The van der Waals surface area contributed by atoms with Gasteiger partial charge in [0.05, 0.1) is 25.6 Å². The molecule has 0 N–H and O–H groups in total. The average molecular weight is 383 g/mol. The summed E-state index contributed by atoms with van der Waals surface area (Å²) in [5, 5.41) is 4.92. The van der Waals surface area contributed by atoms with Gasteiger partial charge in [0, 0.05) is 11.1 Å². The normalized spacial score (nSPS) is 11.0. The smallest absolute Gasteiger partial charge is 0.185 e. The summed E-state index contributed by atoms with van der Waals surface area (Å²) in [5.74, 6) is 0.905. The molecule has 0 saturated carbocycles. The third kappa shape index (κ3) is 3.88. The molecule has 0 spiro atoms. The Morgan fingerprint density at radius 2 is 1.78 bits per heavy atom. The Labute approximate surface area is 162 Å². The van der Waals surface area contributed by atoms with Gasteiger partial charge in [0.15, 0.2) is 17.3 Å². The van der Waals surface area contributed by atoms with E-state index >= 15 is 0 Å². The summed E-state index contributed by atoms with van der Waals surface area (Å²) in [7, 11) is 3.08. The Morgan fingerprint density at radius 1 is 1.07 bits per heavy atom. The van der Waals surface area contributed by atoms with Gasteiger partial charge < -0.3 is 9.47 Å². The summed E-state index contributed by atoms with van der Waals surface area (Å²) in [4.78, 5) is 12.5. The summed E-state index contributed by atoms with van der Waals surface area (Å²) in [6.45, 7) is 1.85. The number of ether oxygens (including phenoxy) is 2. The fraction of sp³-hybridized carbons (Fsp3) is 0.143. The van der Waals surface area contributed by atoms with Crippen molar-refractivity contribution in [1.29, 1.82) is 0 Å². The number of methoxy groups -OCH3 is 2. The molecule has 1 aromatic heterocycles. The van der Waals surface area contributed by atoms with Gasteiger partial charge in [-0.15, -0.1) is 0 Å². The highest BCUT2D eigenvalue weighted by molar-refractivity contribution is 6.31. The third-order valence-electron chi connectivity index (χ3n) is 4.12. The van der Waals surface area contributed by atoms with Crippen molar-refractivity contribution in [1.82, 2.24) is 9.78 Å². The van der Waals surface area contributed by atoms with Crippen molar-refractivity contribution in [2.45, 2.75) is 6.92 Å². The topological polar surface area (TPSA) is 53.3 Å². The minimum atomic E-state index is -0.168. The van der Waals surface area contributed by atoms with E-state index in [9.17, 15) is 4.79 Å². The highest BCUT2D eigenvalue weighted by Gasteiger charge is 2.13. The highest BCUT2D eigenvalue weighted by atomic mass is 35.5. The van der Waals surface area contributed by atoms with Gasteiger partial charge in [-0.3, -0.25) is 4.79 Å². The number of aryl methyl sites for hydroxylation is 1. The van der Waals surface area contributed by atoms with Crippen LogP contribution in [0, 0.1) is 6.92 Å². The lowest BCUT2D eigenvalue weighted by Crippen LogP contribution is -1.97. The van der Waals surface area contributed by atoms with Crippen LogP contribution in [0.4, 0.5) is 0 Å². The van der Waals surface area contributed by atoms with Crippen molar-refractivity contribution in [2.75, 3.05) is 14.2 Å². The van der Waals surface area contributed by atoms with Crippen LogP contribution in [0.2, 0.25) is 5.15 Å². The summed E-state index contributed by atoms with van der Waals surface area (Å²) >= 11 is 6.48. The van der Waals surface area contributed by atoms with E-state index < -0.39 is 0 Å². The second kappa shape index (κ2) is 8.10. The second-order valence-electron chi connectivity index (χ2n) is 5.80. The second-order valence-corrected chi connectivity index (χ2v) is 6.16. The molecule has 0 fully saturated rings. The van der Waals surface area contributed by atoms with Gasteiger partial charge in [0.25, 0.3) is 0 Å². The van der Waals surface area contributed by atoms with Crippen LogP contribution in [0.15, 0.2) is 54.6 Å². The van der Waals surface area contributed by atoms with E-state index in [4.69, 9.17) is 21.1 Å². The van der Waals surface area contributed by atoms with E-state index in [0.29, 0.717) is 27.8 Å². The minimum absolute atomic E-state index is 0.168. The molecule has 3 rings (SSSR count). The number of halogens is 1. The molecule has 3 aromatic rings. The number of nitrogens with zero attached hydrogens (tertiary/aromatic N) is 2. The first-order chi connectivity index (χ1) is 13.0. The zero-order valence-corrected chi connectivity index (χ0v) is 16.0. The molecule has 6 heteroatoms. The summed E-state index contributed by atoms with van der Waals surface area (Å²) in [5.41, 5.74) is 2.79. The number of benzene rings is 2. The lowest BCUT2D eigenvalue weighted by Gasteiger charge is -2.08. The van der Waals surface area contributed by atoms with E-state index in [-0.39, 0.29) is 5.78 Å². The number of allylic oxidation sites excluding steroid dienone is 1. The van der Waals surface area contributed by atoms with Gasteiger partial charge >= 0.3 is 0 Å². The van der Waals surface area contributed by atoms with Crippen molar-refractivity contribution >= 4 is 23.5 Å². The van der Waals surface area contributed by atoms with Gasteiger partial charge in [0.2, 0.25) is 0 Å². The number of carbonyl (C=O) groups is 1. The molecule has 0 aliphatic rings. The van der Waals surface area contributed by atoms with Crippen LogP contribution < -0.4 is 9.47 Å². The Balaban J connectivity index is 1.88. The minimum Gasteiger partial charge on any atom is -0.493 e. The van der Waals surface area contributed by atoms with E-state index in [1.54, 1.807) is 36.1 Å². The van der Waals surface area contributed by atoms with Gasteiger partial charge in [0.1, 0.15) is 5.15 Å². The zero-order valence-electron chi connectivity index (χ0n) is 15.3. The predicted molar refractivity (Wildman–Crippen MR) is 106 cm³/mol. The van der Waals surface area contributed by atoms with E-state index in [0.717, 1.165) is 11.4 Å². The first kappa shape index (κ1) is 18.7. The lowest BCUT2D eigenvalue weighted by atomic mass is 10.1. The molecule has 0 radical (unpaired) electrons. The molecule has 0 amide bonds. The van der Waals surface area contributed by atoms with Crippen molar-refractivity contribution in [3.05, 3.63) is 76.6 Å². The maximum Gasteiger partial charge on any atom is 0.185 e. The maximum atomic E-state index is 12.5. The number of carbonyl (C=O) groups excluding carboxylic acids is 1. The molecule has 0 aliphatic heterocycles. The molecule has 2 aromatic carbocycles. The standard InChI is InChI=1S/C21H19ClN2O3/c1-14-17(21(22)24(23-14)16-7-5-4-6-8-16)10-11-18(25)15-9-12-19(26-2)20(13-15)27-3/h4-13H,1-3H3/b11-10+. The molecular formula is C21H19ClN2O3. The van der Waals surface area contributed by atoms with E-state index in [2.05, 4.69) is 5.10 Å². The Morgan fingerprint density at radius 3 is 2.44 bits per heavy atom. The van der Waals surface area contributed by atoms with Crippen molar-refractivity contribution in [3.63, 3.8) is 0 Å². The average Bonchev–Trinajstić information content (AvgIpc) is 2.99. The van der Waals surface area contributed by atoms with E-state index in [1.807, 2.05) is 37.3 Å². The van der Waals surface area contributed by atoms with Crippen LogP contribution in [-0.2, 0) is 0 Å². The molecule has 0 aliphatic carbocycles. The van der Waals surface area contributed by atoms with Gasteiger partial charge in [-0.1, -0.05) is 29.8 Å². The van der Waals surface area contributed by atoms with Crippen LogP contribution in [0.25, 0.3) is 11.8 Å². The Hall–Kier alpha value is -3.05. The number of hydrogen-bond donors (Lipinski definition) is 0. The molecule has 0 saturated heterocycles. The van der Waals surface area contributed by atoms with Crippen molar-refractivity contribution < 1.29 is 14.3 Å². The lowest BCUT2D eigenvalue weighted by molar-refractivity contribution is 0.104. The number of rotatable bonds is 6. The van der Waals surface area contributed by atoms with Crippen LogP contribution in [0.5, 0.6) is 11.5 Å². The Kier molecular flexibility index (Phi) is 5.62. The van der Waals surface area contributed by atoms with Gasteiger partial charge in [-0.05, 0) is 49.4 Å². The molecule has 5 nitrogen and oxygen atoms in total. The van der Waals surface area contributed by atoms with Crippen LogP contribution in [0.1, 0.15) is 21.6 Å². The first-order valence-electron chi connectivity index (χ1n) is 8.30. The highest BCUT2D eigenvalue weighted by Crippen LogP contribution is 2.28. The van der Waals surface area contributed by atoms with Crippen LogP contribution >= 0.6 is 11.6 Å². The van der Waals surface area contributed by atoms with Crippen molar-refractivity contribution in [2.24, 2.45) is 0 Å². The van der Waals surface area contributed by atoms with Gasteiger partial charge in [-0.2, -0.15) is 5.10 Å². The molecule has 27 heavy (non-hydrogen) atoms. The largest absolute Gasteiger partial charge is 0.493 e. The summed E-state index contributed by atoms with van der Waals surface area (Å²) in [6.07, 6.45) is 3.16. The molecule has 0 bridgehead atoms. The number of aromatic nitrogens is 2. The predicted octanol–water partition coefficient (Wildman–Crippen LogP) is 4.75. The third-order valence-corrected chi connectivity index (χ3v) is 4.48. The SMILES string of the molecule is COc1ccc(C(=O)/C=C/c2c(C)nn(-c3ccccc3)c2Cl)cc1OC. The molecule has 138 valence electrons. The zero-order chi connectivity index (χ0) is 19.4.